The van der Waals surface area contributed by atoms with E-state index in [9.17, 15) is 4.79 Å². The molecule has 0 aromatic carbocycles. The molecule has 0 bridgehead atoms. The lowest BCUT2D eigenvalue weighted by Crippen LogP contribution is -2.37. The number of rotatable bonds is 5. The third-order valence-electron chi connectivity index (χ3n) is 2.23. The van der Waals surface area contributed by atoms with Crippen molar-refractivity contribution in [1.82, 2.24) is 10.3 Å². The minimum Gasteiger partial charge on any atom is -0.312 e. The van der Waals surface area contributed by atoms with E-state index in [0.717, 1.165) is 16.7 Å². The van der Waals surface area contributed by atoms with Crippen LogP contribution in [0.5, 0.6) is 0 Å². The summed E-state index contributed by atoms with van der Waals surface area (Å²) in [5.74, 6) is 0.219. The molecule has 4 heteroatoms. The molecular formula is C13H19BrN2O. The standard InChI is InChI=1S/C13H19BrN2O/c1-13(2,3)16-7-6-12(17)8-11-5-4-10(14)9-15-11/h4-5,9,16H,6-8H2,1-3H3. The van der Waals surface area contributed by atoms with Gasteiger partial charge in [0, 0.05) is 41.3 Å². The molecule has 17 heavy (non-hydrogen) atoms. The number of Topliss-reactive ketones (excluding diaryl/α,β-unsaturated/α-hetero) is 1. The molecule has 0 aliphatic heterocycles. The zero-order valence-electron chi connectivity index (χ0n) is 10.6. The van der Waals surface area contributed by atoms with Crippen LogP contribution in [-0.2, 0) is 11.2 Å². The molecule has 94 valence electrons. The number of carbonyl (C=O) groups excluding carboxylic acids is 1. The maximum absolute atomic E-state index is 11.7. The lowest BCUT2D eigenvalue weighted by atomic mass is 10.1. The minimum absolute atomic E-state index is 0.0656. The molecule has 1 N–H and O–H groups in total. The SMILES string of the molecule is CC(C)(C)NCCC(=O)Cc1ccc(Br)cn1. The van der Waals surface area contributed by atoms with E-state index >= 15 is 0 Å². The van der Waals surface area contributed by atoms with Crippen LogP contribution in [0.2, 0.25) is 0 Å². The highest BCUT2D eigenvalue weighted by Crippen LogP contribution is 2.08. The van der Waals surface area contributed by atoms with Crippen LogP contribution >= 0.6 is 15.9 Å². The lowest BCUT2D eigenvalue weighted by molar-refractivity contribution is -0.118. The zero-order chi connectivity index (χ0) is 12.9. The Labute approximate surface area is 111 Å². The van der Waals surface area contributed by atoms with E-state index in [4.69, 9.17) is 0 Å². The second kappa shape index (κ2) is 6.26. The second-order valence-electron chi connectivity index (χ2n) is 5.11. The van der Waals surface area contributed by atoms with Crippen molar-refractivity contribution in [3.05, 3.63) is 28.5 Å². The fourth-order valence-corrected chi connectivity index (χ4v) is 1.61. The van der Waals surface area contributed by atoms with Crippen molar-refractivity contribution in [3.8, 4) is 0 Å². The van der Waals surface area contributed by atoms with Gasteiger partial charge in [-0.15, -0.1) is 0 Å². The molecule has 0 unspecified atom stereocenters. The van der Waals surface area contributed by atoms with Gasteiger partial charge in [0.15, 0.2) is 0 Å². The second-order valence-corrected chi connectivity index (χ2v) is 6.03. The Morgan fingerprint density at radius 1 is 1.41 bits per heavy atom. The molecule has 0 aliphatic rings. The van der Waals surface area contributed by atoms with Gasteiger partial charge in [0.05, 0.1) is 0 Å². The fraction of sp³-hybridized carbons (Fsp3) is 0.538. The van der Waals surface area contributed by atoms with Gasteiger partial charge >= 0.3 is 0 Å². The van der Waals surface area contributed by atoms with E-state index < -0.39 is 0 Å². The van der Waals surface area contributed by atoms with E-state index in [-0.39, 0.29) is 11.3 Å². The third kappa shape index (κ3) is 6.54. The molecule has 1 rings (SSSR count). The molecular weight excluding hydrogens is 280 g/mol. The van der Waals surface area contributed by atoms with Gasteiger partial charge in [-0.05, 0) is 48.8 Å². The summed E-state index contributed by atoms with van der Waals surface area (Å²) in [6.45, 7) is 6.99. The molecule has 3 nitrogen and oxygen atoms in total. The number of carbonyl (C=O) groups is 1. The first kappa shape index (κ1) is 14.3. The average molecular weight is 299 g/mol. The van der Waals surface area contributed by atoms with Gasteiger partial charge < -0.3 is 5.32 Å². The van der Waals surface area contributed by atoms with Crippen molar-refractivity contribution >= 4 is 21.7 Å². The predicted octanol–water partition coefficient (Wildman–Crippen LogP) is 2.73. The van der Waals surface area contributed by atoms with Crippen molar-refractivity contribution in [2.45, 2.75) is 39.2 Å². The Morgan fingerprint density at radius 3 is 2.65 bits per heavy atom. The van der Waals surface area contributed by atoms with Crippen LogP contribution in [0.4, 0.5) is 0 Å². The molecule has 0 saturated carbocycles. The van der Waals surface area contributed by atoms with Crippen LogP contribution in [0, 0.1) is 0 Å². The van der Waals surface area contributed by atoms with Gasteiger partial charge in [0.1, 0.15) is 5.78 Å². The maximum Gasteiger partial charge on any atom is 0.140 e. The smallest absolute Gasteiger partial charge is 0.140 e. The van der Waals surface area contributed by atoms with Gasteiger partial charge in [-0.3, -0.25) is 9.78 Å². The number of hydrogen-bond acceptors (Lipinski definition) is 3. The van der Waals surface area contributed by atoms with Gasteiger partial charge in [-0.25, -0.2) is 0 Å². The molecule has 0 radical (unpaired) electrons. The summed E-state index contributed by atoms with van der Waals surface area (Å²) in [4.78, 5) is 15.9. The Morgan fingerprint density at radius 2 is 2.12 bits per heavy atom. The van der Waals surface area contributed by atoms with Crippen LogP contribution in [0.3, 0.4) is 0 Å². The summed E-state index contributed by atoms with van der Waals surface area (Å²) in [7, 11) is 0. The molecule has 0 spiro atoms. The van der Waals surface area contributed by atoms with Gasteiger partial charge in [-0.2, -0.15) is 0 Å². The van der Waals surface area contributed by atoms with E-state index in [1.165, 1.54) is 0 Å². The molecule has 0 atom stereocenters. The Balaban J connectivity index is 2.32. The molecule has 1 heterocycles. The predicted molar refractivity (Wildman–Crippen MR) is 73.0 cm³/mol. The van der Waals surface area contributed by atoms with Crippen LogP contribution in [0.15, 0.2) is 22.8 Å². The number of hydrogen-bond donors (Lipinski definition) is 1. The maximum atomic E-state index is 11.7. The van der Waals surface area contributed by atoms with Gasteiger partial charge in [-0.1, -0.05) is 0 Å². The van der Waals surface area contributed by atoms with Crippen LogP contribution in [-0.4, -0.2) is 22.9 Å². The van der Waals surface area contributed by atoms with Crippen molar-refractivity contribution in [1.29, 1.82) is 0 Å². The Bertz CT molecular complexity index is 368. The number of nitrogens with one attached hydrogen (secondary N) is 1. The summed E-state index contributed by atoms with van der Waals surface area (Å²) >= 11 is 3.32. The summed E-state index contributed by atoms with van der Waals surface area (Å²) < 4.78 is 0.933. The summed E-state index contributed by atoms with van der Waals surface area (Å²) in [5.41, 5.74) is 0.893. The van der Waals surface area contributed by atoms with E-state index in [1.807, 2.05) is 12.1 Å². The van der Waals surface area contributed by atoms with Crippen molar-refractivity contribution < 1.29 is 4.79 Å². The molecule has 0 saturated heterocycles. The molecule has 0 aliphatic carbocycles. The van der Waals surface area contributed by atoms with Crippen molar-refractivity contribution in [2.24, 2.45) is 0 Å². The first-order chi connectivity index (χ1) is 7.87. The number of aromatic nitrogens is 1. The van der Waals surface area contributed by atoms with Gasteiger partial charge in [0.2, 0.25) is 0 Å². The third-order valence-corrected chi connectivity index (χ3v) is 2.70. The van der Waals surface area contributed by atoms with E-state index in [1.54, 1.807) is 6.20 Å². The summed E-state index contributed by atoms with van der Waals surface area (Å²) in [6.07, 6.45) is 2.68. The number of pyridine rings is 1. The first-order valence-corrected chi connectivity index (χ1v) is 6.53. The zero-order valence-corrected chi connectivity index (χ0v) is 12.2. The highest BCUT2D eigenvalue weighted by molar-refractivity contribution is 9.10. The number of nitrogens with zero attached hydrogens (tertiary/aromatic N) is 1. The van der Waals surface area contributed by atoms with Crippen LogP contribution < -0.4 is 5.32 Å². The van der Waals surface area contributed by atoms with Gasteiger partial charge in [0.25, 0.3) is 0 Å². The molecule has 0 fully saturated rings. The van der Waals surface area contributed by atoms with Crippen molar-refractivity contribution in [2.75, 3.05) is 6.54 Å². The summed E-state index contributed by atoms with van der Waals surface area (Å²) in [5, 5.41) is 3.30. The average Bonchev–Trinajstić information content (AvgIpc) is 2.19. The monoisotopic (exact) mass is 298 g/mol. The lowest BCUT2D eigenvalue weighted by Gasteiger charge is -2.20. The number of ketones is 1. The quantitative estimate of drug-likeness (QED) is 0.909. The topological polar surface area (TPSA) is 42.0 Å². The highest BCUT2D eigenvalue weighted by Gasteiger charge is 2.10. The number of halogens is 1. The van der Waals surface area contributed by atoms with E-state index in [0.29, 0.717) is 12.8 Å². The summed E-state index contributed by atoms with van der Waals surface area (Å²) in [6, 6.07) is 3.78. The van der Waals surface area contributed by atoms with E-state index in [2.05, 4.69) is 47.0 Å². The molecule has 1 aromatic heterocycles. The fourth-order valence-electron chi connectivity index (χ4n) is 1.38. The van der Waals surface area contributed by atoms with Crippen LogP contribution in [0.1, 0.15) is 32.9 Å². The molecule has 1 aromatic rings. The Hall–Kier alpha value is -0.740. The largest absolute Gasteiger partial charge is 0.312 e. The normalized spacial score (nSPS) is 11.5. The molecule has 0 amide bonds. The first-order valence-electron chi connectivity index (χ1n) is 5.74. The minimum atomic E-state index is 0.0656. The van der Waals surface area contributed by atoms with Crippen molar-refractivity contribution in [3.63, 3.8) is 0 Å². The highest BCUT2D eigenvalue weighted by atomic mass is 79.9. The Kier molecular flexibility index (Phi) is 5.28. The van der Waals surface area contributed by atoms with Crippen LogP contribution in [0.25, 0.3) is 0 Å².